The van der Waals surface area contributed by atoms with Gasteiger partial charge in [-0.1, -0.05) is 0 Å². The van der Waals surface area contributed by atoms with Crippen molar-refractivity contribution >= 4 is 11.0 Å². The van der Waals surface area contributed by atoms with Gasteiger partial charge in [-0.25, -0.2) is 4.79 Å². The topological polar surface area (TPSA) is 91.8 Å². The molecular formula is C12H8F3NO6. The van der Waals surface area contributed by atoms with Crippen molar-refractivity contribution in [3.63, 3.8) is 0 Å². The molecule has 22 heavy (non-hydrogen) atoms. The third-order valence-corrected chi connectivity index (χ3v) is 2.57. The SMILES string of the molecule is O=c1cc(C(F)(F)F)c2ccc(OCCO[N+](=O)[O-])cc2o1. The Hall–Kier alpha value is -2.78. The van der Waals surface area contributed by atoms with Gasteiger partial charge in [0.15, 0.2) is 0 Å². The van der Waals surface area contributed by atoms with Crippen LogP contribution in [0.5, 0.6) is 5.75 Å². The molecule has 1 aromatic carbocycles. The van der Waals surface area contributed by atoms with Gasteiger partial charge < -0.3 is 14.0 Å². The fourth-order valence-electron chi connectivity index (χ4n) is 1.74. The number of halogens is 3. The van der Waals surface area contributed by atoms with Crippen molar-refractivity contribution in [1.82, 2.24) is 0 Å². The molecule has 0 aliphatic rings. The van der Waals surface area contributed by atoms with E-state index in [-0.39, 0.29) is 29.9 Å². The molecule has 0 spiro atoms. The van der Waals surface area contributed by atoms with Crippen LogP contribution in [0.1, 0.15) is 5.56 Å². The molecule has 0 aliphatic heterocycles. The van der Waals surface area contributed by atoms with E-state index >= 15 is 0 Å². The van der Waals surface area contributed by atoms with Gasteiger partial charge in [-0.3, -0.25) is 0 Å². The molecule has 2 rings (SSSR count). The summed E-state index contributed by atoms with van der Waals surface area (Å²) in [5.41, 5.74) is -2.55. The zero-order chi connectivity index (χ0) is 16.3. The summed E-state index contributed by atoms with van der Waals surface area (Å²) in [7, 11) is 0. The van der Waals surface area contributed by atoms with Gasteiger partial charge in [0.05, 0.1) is 5.56 Å². The van der Waals surface area contributed by atoms with Crippen LogP contribution in [-0.2, 0) is 11.0 Å². The molecule has 0 saturated carbocycles. The van der Waals surface area contributed by atoms with Crippen molar-refractivity contribution in [1.29, 1.82) is 0 Å². The maximum Gasteiger partial charge on any atom is 0.417 e. The van der Waals surface area contributed by atoms with Crippen LogP contribution in [0.2, 0.25) is 0 Å². The quantitative estimate of drug-likeness (QED) is 0.364. The first-order valence-electron chi connectivity index (χ1n) is 5.82. The van der Waals surface area contributed by atoms with Gasteiger partial charge in [0.1, 0.15) is 24.5 Å². The molecule has 2 aromatic rings. The van der Waals surface area contributed by atoms with Crippen LogP contribution in [0.3, 0.4) is 0 Å². The van der Waals surface area contributed by atoms with Crippen LogP contribution in [0, 0.1) is 10.1 Å². The van der Waals surface area contributed by atoms with E-state index in [0.717, 1.165) is 12.1 Å². The van der Waals surface area contributed by atoms with Crippen LogP contribution in [0.25, 0.3) is 11.0 Å². The number of fused-ring (bicyclic) bond motifs is 1. The van der Waals surface area contributed by atoms with E-state index in [4.69, 9.17) is 9.15 Å². The summed E-state index contributed by atoms with van der Waals surface area (Å²) in [5.74, 6) is 0.0851. The van der Waals surface area contributed by atoms with Gasteiger partial charge in [-0.05, 0) is 12.1 Å². The third-order valence-electron chi connectivity index (χ3n) is 2.57. The fourth-order valence-corrected chi connectivity index (χ4v) is 1.74. The van der Waals surface area contributed by atoms with Crippen molar-refractivity contribution in [3.05, 3.63) is 50.4 Å². The molecular weight excluding hydrogens is 311 g/mol. The summed E-state index contributed by atoms with van der Waals surface area (Å²) < 4.78 is 48.3. The molecule has 7 nitrogen and oxygen atoms in total. The molecule has 0 fully saturated rings. The average Bonchev–Trinajstić information content (AvgIpc) is 2.41. The molecule has 0 aliphatic carbocycles. The molecule has 0 N–H and O–H groups in total. The molecule has 10 heteroatoms. The Balaban J connectivity index is 2.27. The Morgan fingerprint density at radius 2 is 1.95 bits per heavy atom. The predicted octanol–water partition coefficient (Wildman–Crippen LogP) is 2.40. The number of benzene rings is 1. The Kier molecular flexibility index (Phi) is 4.20. The van der Waals surface area contributed by atoms with Crippen LogP contribution in [0.15, 0.2) is 33.5 Å². The third kappa shape index (κ3) is 3.65. The van der Waals surface area contributed by atoms with Gasteiger partial charge in [0.2, 0.25) is 0 Å². The lowest BCUT2D eigenvalue weighted by Gasteiger charge is -2.10. The van der Waals surface area contributed by atoms with Crippen LogP contribution in [-0.4, -0.2) is 18.3 Å². The molecule has 0 saturated heterocycles. The second-order valence-corrected chi connectivity index (χ2v) is 4.04. The van der Waals surface area contributed by atoms with Gasteiger partial charge in [0, 0.05) is 17.5 Å². The van der Waals surface area contributed by atoms with Gasteiger partial charge >= 0.3 is 11.8 Å². The highest BCUT2D eigenvalue weighted by molar-refractivity contribution is 5.82. The van der Waals surface area contributed by atoms with E-state index in [9.17, 15) is 28.1 Å². The molecule has 1 aromatic heterocycles. The molecule has 0 atom stereocenters. The maximum atomic E-state index is 12.8. The molecule has 0 radical (unpaired) electrons. The first-order chi connectivity index (χ1) is 10.3. The summed E-state index contributed by atoms with van der Waals surface area (Å²) in [6, 6.07) is 3.78. The van der Waals surface area contributed by atoms with Crippen molar-refractivity contribution in [3.8, 4) is 5.75 Å². The Morgan fingerprint density at radius 3 is 2.59 bits per heavy atom. The van der Waals surface area contributed by atoms with E-state index in [2.05, 4.69) is 4.84 Å². The highest BCUT2D eigenvalue weighted by Gasteiger charge is 2.33. The van der Waals surface area contributed by atoms with Crippen molar-refractivity contribution in [2.75, 3.05) is 13.2 Å². The van der Waals surface area contributed by atoms with Crippen LogP contribution in [0.4, 0.5) is 13.2 Å². The lowest BCUT2D eigenvalue weighted by molar-refractivity contribution is -0.757. The van der Waals surface area contributed by atoms with Gasteiger partial charge in [-0.2, -0.15) is 13.2 Å². The van der Waals surface area contributed by atoms with Gasteiger partial charge in [-0.15, -0.1) is 10.1 Å². The molecule has 118 valence electrons. The Labute approximate surface area is 120 Å². The van der Waals surface area contributed by atoms with Crippen LogP contribution < -0.4 is 10.4 Å². The van der Waals surface area contributed by atoms with E-state index in [1.807, 2.05) is 0 Å². The lowest BCUT2D eigenvalue weighted by Crippen LogP contribution is -2.12. The molecule has 1 heterocycles. The number of rotatable bonds is 5. The van der Waals surface area contributed by atoms with Crippen LogP contribution >= 0.6 is 0 Å². The zero-order valence-corrected chi connectivity index (χ0v) is 10.8. The summed E-state index contributed by atoms with van der Waals surface area (Å²) in [6.07, 6.45) is -4.70. The normalized spacial score (nSPS) is 11.4. The summed E-state index contributed by atoms with van der Waals surface area (Å²) in [4.78, 5) is 25.1. The maximum absolute atomic E-state index is 12.8. The zero-order valence-electron chi connectivity index (χ0n) is 10.8. The summed E-state index contributed by atoms with van der Waals surface area (Å²) in [5, 5.41) is 8.63. The van der Waals surface area contributed by atoms with Crippen molar-refractivity contribution in [2.24, 2.45) is 0 Å². The molecule has 0 unspecified atom stereocenters. The number of alkyl halides is 3. The highest BCUT2D eigenvalue weighted by Crippen LogP contribution is 2.34. The number of hydrogen-bond acceptors (Lipinski definition) is 6. The second-order valence-electron chi connectivity index (χ2n) is 4.04. The first kappa shape index (κ1) is 15.6. The monoisotopic (exact) mass is 319 g/mol. The number of hydrogen-bond donors (Lipinski definition) is 0. The summed E-state index contributed by atoms with van der Waals surface area (Å²) >= 11 is 0. The summed E-state index contributed by atoms with van der Waals surface area (Å²) in [6.45, 7) is -0.548. The average molecular weight is 319 g/mol. The fraction of sp³-hybridized carbons (Fsp3) is 0.250. The minimum Gasteiger partial charge on any atom is -0.491 e. The van der Waals surface area contributed by atoms with E-state index in [1.54, 1.807) is 0 Å². The predicted molar refractivity (Wildman–Crippen MR) is 65.9 cm³/mol. The second kappa shape index (κ2) is 5.92. The van der Waals surface area contributed by atoms with Crippen molar-refractivity contribution < 1.29 is 32.2 Å². The van der Waals surface area contributed by atoms with Crippen molar-refractivity contribution in [2.45, 2.75) is 6.18 Å². The largest absolute Gasteiger partial charge is 0.491 e. The molecule has 0 amide bonds. The standard InChI is InChI=1S/C12H8F3NO6/c13-12(14,15)9-6-11(17)22-10-5-7(1-2-8(9)10)20-3-4-21-16(18)19/h1-2,5-6H,3-4H2. The van der Waals surface area contributed by atoms with E-state index in [1.165, 1.54) is 6.07 Å². The highest BCUT2D eigenvalue weighted by atomic mass is 19.4. The molecule has 0 bridgehead atoms. The van der Waals surface area contributed by atoms with Gasteiger partial charge in [0.25, 0.3) is 5.09 Å². The minimum atomic E-state index is -4.70. The Morgan fingerprint density at radius 1 is 1.23 bits per heavy atom. The smallest absolute Gasteiger partial charge is 0.417 e. The minimum absolute atomic E-state index is 0.0851. The van der Waals surface area contributed by atoms with E-state index < -0.39 is 22.5 Å². The number of ether oxygens (including phenoxy) is 1. The lowest BCUT2D eigenvalue weighted by atomic mass is 10.1. The first-order valence-corrected chi connectivity index (χ1v) is 5.82. The van der Waals surface area contributed by atoms with E-state index in [0.29, 0.717) is 6.07 Å². The number of nitrogens with zero attached hydrogens (tertiary/aromatic N) is 1. The Bertz CT molecular complexity index is 755.